The molecule has 0 aliphatic carbocycles. The predicted octanol–water partition coefficient (Wildman–Crippen LogP) is 4.95. The Morgan fingerprint density at radius 1 is 1.15 bits per heavy atom. The van der Waals surface area contributed by atoms with Gasteiger partial charge >= 0.3 is 0 Å². The Labute approximate surface area is 239 Å². The molecule has 1 aliphatic rings. The van der Waals surface area contributed by atoms with Crippen molar-refractivity contribution >= 4 is 40.1 Å². The van der Waals surface area contributed by atoms with Gasteiger partial charge in [-0.15, -0.1) is 0 Å². The fraction of sp³-hybridized carbons (Fsp3) is 0.241. The molecule has 0 fully saturated rings. The number of carbonyl (C=O) groups is 2. The van der Waals surface area contributed by atoms with Crippen molar-refractivity contribution in [3.8, 4) is 17.2 Å². The highest BCUT2D eigenvalue weighted by Gasteiger charge is 2.43. The number of aromatic hydroxyl groups is 1. The first kappa shape index (κ1) is 28.2. The maximum atomic E-state index is 14.8. The number of carbonyl (C=O) groups excluding carboxylic acids is 2. The summed E-state index contributed by atoms with van der Waals surface area (Å²) in [7, 11) is 3.10. The second-order valence-corrected chi connectivity index (χ2v) is 10.4. The summed E-state index contributed by atoms with van der Waals surface area (Å²) in [5.74, 6) is -0.967. The van der Waals surface area contributed by atoms with Gasteiger partial charge in [-0.1, -0.05) is 18.2 Å². The monoisotopic (exact) mass is 645 g/mol. The molecule has 204 valence electrons. The van der Waals surface area contributed by atoms with E-state index in [0.717, 1.165) is 5.56 Å². The lowest BCUT2D eigenvalue weighted by Gasteiger charge is -2.38. The molecule has 1 aliphatic heterocycles. The molecule has 0 spiro atoms. The smallest absolute Gasteiger partial charge is 0.254 e. The lowest BCUT2D eigenvalue weighted by atomic mass is 9.90. The largest absolute Gasteiger partial charge is 0.508 e. The molecule has 3 aromatic carbocycles. The third-order valence-corrected chi connectivity index (χ3v) is 7.27. The van der Waals surface area contributed by atoms with Gasteiger partial charge in [0, 0.05) is 22.7 Å². The summed E-state index contributed by atoms with van der Waals surface area (Å²) in [6, 6.07) is 16.7. The number of methoxy groups -OCH3 is 1. The molecule has 2 atom stereocenters. The molecule has 0 bridgehead atoms. The highest BCUT2D eigenvalue weighted by Crippen LogP contribution is 2.35. The third-order valence-electron chi connectivity index (χ3n) is 6.60. The van der Waals surface area contributed by atoms with Crippen molar-refractivity contribution in [3.63, 3.8) is 0 Å². The Balaban J connectivity index is 1.77. The van der Waals surface area contributed by atoms with Gasteiger partial charge in [-0.05, 0) is 84.5 Å². The molecule has 3 aromatic rings. The maximum absolute atomic E-state index is 14.8. The lowest BCUT2D eigenvalue weighted by molar-refractivity contribution is -0.136. The Morgan fingerprint density at radius 2 is 1.87 bits per heavy atom. The van der Waals surface area contributed by atoms with Gasteiger partial charge in [-0.3, -0.25) is 9.59 Å². The summed E-state index contributed by atoms with van der Waals surface area (Å²) < 4.78 is 27.0. The molecular formula is C29H29FIN3O5. The lowest BCUT2D eigenvalue weighted by Crippen LogP contribution is -2.51. The molecular weight excluding hydrogens is 616 g/mol. The van der Waals surface area contributed by atoms with Gasteiger partial charge in [0.15, 0.2) is 0 Å². The van der Waals surface area contributed by atoms with Crippen molar-refractivity contribution in [1.82, 2.24) is 10.2 Å². The zero-order valence-corrected chi connectivity index (χ0v) is 24.1. The van der Waals surface area contributed by atoms with Crippen LogP contribution >= 0.6 is 22.6 Å². The molecule has 0 aromatic heterocycles. The van der Waals surface area contributed by atoms with E-state index in [1.807, 2.05) is 34.7 Å². The van der Waals surface area contributed by atoms with Crippen LogP contribution in [-0.4, -0.2) is 42.1 Å². The number of halogens is 2. The van der Waals surface area contributed by atoms with Crippen LogP contribution in [0, 0.1) is 22.2 Å². The van der Waals surface area contributed by atoms with Gasteiger partial charge in [0.2, 0.25) is 5.91 Å². The summed E-state index contributed by atoms with van der Waals surface area (Å²) in [4.78, 5) is 28.4. The van der Waals surface area contributed by atoms with Gasteiger partial charge in [0.05, 0.1) is 24.3 Å². The van der Waals surface area contributed by atoms with Crippen molar-refractivity contribution in [2.24, 2.45) is 5.92 Å². The molecule has 10 heteroatoms. The molecule has 1 heterocycles. The van der Waals surface area contributed by atoms with E-state index in [2.05, 4.69) is 10.6 Å². The number of nitrogens with zero attached hydrogens (tertiary/aromatic N) is 1. The molecule has 4 rings (SSSR count). The second-order valence-electron chi connectivity index (χ2n) is 9.17. The van der Waals surface area contributed by atoms with Crippen LogP contribution in [0.5, 0.6) is 17.2 Å². The van der Waals surface area contributed by atoms with Crippen LogP contribution in [0.3, 0.4) is 0 Å². The van der Waals surface area contributed by atoms with Crippen molar-refractivity contribution in [1.29, 1.82) is 0 Å². The van der Waals surface area contributed by atoms with Crippen molar-refractivity contribution in [2.75, 3.05) is 19.5 Å². The molecule has 8 nitrogen and oxygen atoms in total. The standard InChI is InChI=1S/C29H29FIN3O5/c1-16-23(35)6-5-7-24(16)39-26-17(2)29(37)34(3)27(33-22-13-10-19(31)14-21(22)30)25(26)28(36)32-15-18-8-11-20(38-4)12-9-18/h5-14,17,26,33,35H,15H2,1-4H3,(H,32,36). The van der Waals surface area contributed by atoms with Crippen LogP contribution in [0.15, 0.2) is 72.1 Å². The first-order valence-corrected chi connectivity index (χ1v) is 13.3. The number of hydrogen-bond donors (Lipinski definition) is 3. The summed E-state index contributed by atoms with van der Waals surface area (Å²) >= 11 is 2.00. The fourth-order valence-corrected chi connectivity index (χ4v) is 4.72. The Morgan fingerprint density at radius 3 is 2.54 bits per heavy atom. The number of ether oxygens (including phenoxy) is 2. The molecule has 0 radical (unpaired) electrons. The minimum Gasteiger partial charge on any atom is -0.508 e. The molecule has 3 N–H and O–H groups in total. The zero-order chi connectivity index (χ0) is 28.3. The SMILES string of the molecule is COc1ccc(CNC(=O)C2=C(Nc3ccc(I)cc3F)N(C)C(=O)C(C)C2Oc2cccc(O)c2C)cc1. The fourth-order valence-electron chi connectivity index (χ4n) is 4.27. The average Bonchev–Trinajstić information content (AvgIpc) is 2.92. The highest BCUT2D eigenvalue weighted by atomic mass is 127. The Kier molecular flexibility index (Phi) is 8.63. The van der Waals surface area contributed by atoms with E-state index in [0.29, 0.717) is 20.6 Å². The molecule has 39 heavy (non-hydrogen) atoms. The van der Waals surface area contributed by atoms with Crippen LogP contribution in [0.2, 0.25) is 0 Å². The number of amides is 2. The topological polar surface area (TPSA) is 100 Å². The molecule has 0 saturated heterocycles. The van der Waals surface area contributed by atoms with E-state index in [4.69, 9.17) is 9.47 Å². The Bertz CT molecular complexity index is 1430. The third kappa shape index (κ3) is 6.11. The van der Waals surface area contributed by atoms with E-state index in [1.54, 1.807) is 57.4 Å². The van der Waals surface area contributed by atoms with Crippen LogP contribution in [-0.2, 0) is 16.1 Å². The minimum atomic E-state index is -1.03. The van der Waals surface area contributed by atoms with Gasteiger partial charge in [0.1, 0.15) is 35.0 Å². The summed E-state index contributed by atoms with van der Waals surface area (Å²) in [5.41, 5.74) is 1.52. The predicted molar refractivity (Wildman–Crippen MR) is 154 cm³/mol. The summed E-state index contributed by atoms with van der Waals surface area (Å²) in [6.07, 6.45) is -1.03. The highest BCUT2D eigenvalue weighted by molar-refractivity contribution is 14.1. The van der Waals surface area contributed by atoms with E-state index in [1.165, 1.54) is 24.1 Å². The van der Waals surface area contributed by atoms with E-state index < -0.39 is 23.7 Å². The summed E-state index contributed by atoms with van der Waals surface area (Å²) in [5, 5.41) is 16.1. The first-order chi connectivity index (χ1) is 18.6. The Hall–Kier alpha value is -3.80. The van der Waals surface area contributed by atoms with Crippen LogP contribution in [0.4, 0.5) is 10.1 Å². The molecule has 2 amide bonds. The average molecular weight is 645 g/mol. The number of nitrogens with one attached hydrogen (secondary N) is 2. The van der Waals surface area contributed by atoms with Crippen molar-refractivity contribution in [3.05, 3.63) is 92.6 Å². The van der Waals surface area contributed by atoms with Gasteiger partial charge < -0.3 is 30.1 Å². The van der Waals surface area contributed by atoms with Crippen LogP contribution in [0.25, 0.3) is 0 Å². The maximum Gasteiger partial charge on any atom is 0.254 e. The minimum absolute atomic E-state index is 0.0215. The van der Waals surface area contributed by atoms with E-state index >= 15 is 0 Å². The van der Waals surface area contributed by atoms with Crippen molar-refractivity contribution < 1.29 is 28.6 Å². The van der Waals surface area contributed by atoms with Gasteiger partial charge in [-0.25, -0.2) is 4.39 Å². The number of hydrogen-bond acceptors (Lipinski definition) is 6. The number of phenolic OH excluding ortho intramolecular Hbond substituents is 1. The van der Waals surface area contributed by atoms with Crippen LogP contribution < -0.4 is 20.1 Å². The number of rotatable bonds is 8. The number of anilines is 1. The number of phenols is 1. The van der Waals surface area contributed by atoms with E-state index in [9.17, 15) is 19.1 Å². The van der Waals surface area contributed by atoms with E-state index in [-0.39, 0.29) is 35.3 Å². The molecule has 0 saturated carbocycles. The normalized spacial score (nSPS) is 17.2. The number of benzene rings is 3. The van der Waals surface area contributed by atoms with Crippen LogP contribution in [0.1, 0.15) is 18.1 Å². The van der Waals surface area contributed by atoms with Gasteiger partial charge in [-0.2, -0.15) is 0 Å². The van der Waals surface area contributed by atoms with Crippen molar-refractivity contribution in [2.45, 2.75) is 26.5 Å². The second kappa shape index (κ2) is 11.9. The summed E-state index contributed by atoms with van der Waals surface area (Å²) in [6.45, 7) is 3.54. The quantitative estimate of drug-likeness (QED) is 0.300. The zero-order valence-electron chi connectivity index (χ0n) is 21.9. The molecule has 2 unspecified atom stereocenters. The van der Waals surface area contributed by atoms with Gasteiger partial charge in [0.25, 0.3) is 5.91 Å². The first-order valence-electron chi connectivity index (χ1n) is 12.2.